The minimum atomic E-state index is -0.439. The molecule has 1 aliphatic heterocycles. The van der Waals surface area contributed by atoms with Gasteiger partial charge in [0.2, 0.25) is 0 Å². The fraction of sp³-hybridized carbons (Fsp3) is 0.294. The number of para-hydroxylation sites is 1. The van der Waals surface area contributed by atoms with E-state index in [4.69, 9.17) is 14.6 Å². The molecule has 0 saturated heterocycles. The number of hydrogen-bond acceptors (Lipinski definition) is 3. The van der Waals surface area contributed by atoms with Crippen molar-refractivity contribution >= 4 is 0 Å². The maximum absolute atomic E-state index is 13.5. The molecule has 2 aromatic rings. The molecular formula is C17H17FO3. The molecule has 3 nitrogen and oxygen atoms in total. The third-order valence-corrected chi connectivity index (χ3v) is 3.40. The second kappa shape index (κ2) is 5.04. The quantitative estimate of drug-likeness (QED) is 0.933. The van der Waals surface area contributed by atoms with Gasteiger partial charge in [-0.1, -0.05) is 12.1 Å². The van der Waals surface area contributed by atoms with Gasteiger partial charge >= 0.3 is 0 Å². The van der Waals surface area contributed by atoms with E-state index in [-0.39, 0.29) is 12.2 Å². The van der Waals surface area contributed by atoms with Crippen molar-refractivity contribution < 1.29 is 19.0 Å². The molecule has 0 aromatic heterocycles. The molecule has 0 bridgehead atoms. The lowest BCUT2D eigenvalue weighted by Crippen LogP contribution is -2.24. The molecule has 110 valence electrons. The van der Waals surface area contributed by atoms with E-state index in [2.05, 4.69) is 0 Å². The van der Waals surface area contributed by atoms with E-state index in [1.54, 1.807) is 12.1 Å². The van der Waals surface area contributed by atoms with E-state index in [0.717, 1.165) is 12.0 Å². The second-order valence-corrected chi connectivity index (χ2v) is 5.84. The highest BCUT2D eigenvalue weighted by molar-refractivity contribution is 5.51. The first-order valence-electron chi connectivity index (χ1n) is 6.86. The standard InChI is InChI=1S/C17H17FO3/c1-17(2)9-12-4-3-5-15(16(12)21-17)20-14-7-11(10-19)6-13(18)8-14/h3-8,19H,9-10H2,1-2H3. The second-order valence-electron chi connectivity index (χ2n) is 5.84. The van der Waals surface area contributed by atoms with E-state index in [1.807, 2.05) is 26.0 Å². The number of rotatable bonds is 3. The molecular weight excluding hydrogens is 271 g/mol. The number of benzene rings is 2. The van der Waals surface area contributed by atoms with Gasteiger partial charge < -0.3 is 14.6 Å². The summed E-state index contributed by atoms with van der Waals surface area (Å²) in [5.41, 5.74) is 1.29. The van der Waals surface area contributed by atoms with Crippen LogP contribution in [0.2, 0.25) is 0 Å². The Morgan fingerprint density at radius 3 is 2.86 bits per heavy atom. The Morgan fingerprint density at radius 2 is 2.10 bits per heavy atom. The summed E-state index contributed by atoms with van der Waals surface area (Å²) in [4.78, 5) is 0. The summed E-state index contributed by atoms with van der Waals surface area (Å²) in [6, 6.07) is 9.87. The lowest BCUT2D eigenvalue weighted by atomic mass is 10.0. The highest BCUT2D eigenvalue weighted by Gasteiger charge is 2.32. The number of halogens is 1. The average molecular weight is 288 g/mol. The Labute approximate surface area is 122 Å². The van der Waals surface area contributed by atoms with Gasteiger partial charge in [-0.15, -0.1) is 0 Å². The number of aliphatic hydroxyl groups excluding tert-OH is 1. The molecule has 1 aliphatic rings. The monoisotopic (exact) mass is 288 g/mol. The number of ether oxygens (including phenoxy) is 2. The van der Waals surface area contributed by atoms with E-state index < -0.39 is 5.82 Å². The Kier molecular flexibility index (Phi) is 3.33. The summed E-state index contributed by atoms with van der Waals surface area (Å²) < 4.78 is 25.2. The minimum absolute atomic E-state index is 0.232. The van der Waals surface area contributed by atoms with Crippen molar-refractivity contribution in [3.63, 3.8) is 0 Å². The van der Waals surface area contributed by atoms with Crippen LogP contribution in [0.5, 0.6) is 17.2 Å². The van der Waals surface area contributed by atoms with E-state index in [0.29, 0.717) is 22.8 Å². The zero-order valence-corrected chi connectivity index (χ0v) is 12.0. The maximum atomic E-state index is 13.5. The predicted octanol–water partition coefficient (Wildman–Crippen LogP) is 3.82. The molecule has 0 fully saturated rings. The fourth-order valence-corrected chi connectivity index (χ4v) is 2.57. The number of fused-ring (bicyclic) bond motifs is 1. The zero-order chi connectivity index (χ0) is 15.0. The molecule has 1 N–H and O–H groups in total. The van der Waals surface area contributed by atoms with Gasteiger partial charge in [0.1, 0.15) is 17.2 Å². The molecule has 0 aliphatic carbocycles. The third kappa shape index (κ3) is 2.85. The highest BCUT2D eigenvalue weighted by atomic mass is 19.1. The third-order valence-electron chi connectivity index (χ3n) is 3.40. The lowest BCUT2D eigenvalue weighted by molar-refractivity contribution is 0.135. The van der Waals surface area contributed by atoms with Crippen LogP contribution in [-0.4, -0.2) is 10.7 Å². The van der Waals surface area contributed by atoms with Crippen LogP contribution < -0.4 is 9.47 Å². The molecule has 3 rings (SSSR count). The van der Waals surface area contributed by atoms with E-state index in [1.165, 1.54) is 12.1 Å². The summed E-state index contributed by atoms with van der Waals surface area (Å²) in [5.74, 6) is 1.18. The van der Waals surface area contributed by atoms with Crippen LogP contribution in [0.15, 0.2) is 36.4 Å². The van der Waals surface area contributed by atoms with Gasteiger partial charge in [0, 0.05) is 18.1 Å². The Balaban J connectivity index is 1.94. The van der Waals surface area contributed by atoms with Gasteiger partial charge in [-0.3, -0.25) is 0 Å². The molecule has 0 radical (unpaired) electrons. The minimum Gasteiger partial charge on any atom is -0.483 e. The van der Waals surface area contributed by atoms with Crippen molar-refractivity contribution in [2.24, 2.45) is 0 Å². The number of hydrogen-bond donors (Lipinski definition) is 1. The van der Waals surface area contributed by atoms with Crippen molar-refractivity contribution in [3.8, 4) is 17.2 Å². The van der Waals surface area contributed by atoms with Gasteiger partial charge in [-0.05, 0) is 37.6 Å². The summed E-state index contributed by atoms with van der Waals surface area (Å²) in [6.07, 6.45) is 0.810. The van der Waals surface area contributed by atoms with Crippen LogP contribution in [0.4, 0.5) is 4.39 Å². The van der Waals surface area contributed by atoms with Crippen LogP contribution in [0.3, 0.4) is 0 Å². The Bertz CT molecular complexity index is 680. The lowest BCUT2D eigenvalue weighted by Gasteiger charge is -2.18. The van der Waals surface area contributed by atoms with Crippen molar-refractivity contribution in [3.05, 3.63) is 53.3 Å². The first-order valence-corrected chi connectivity index (χ1v) is 6.86. The Morgan fingerprint density at radius 1 is 1.29 bits per heavy atom. The SMILES string of the molecule is CC1(C)Cc2cccc(Oc3cc(F)cc(CO)c3)c2O1. The first kappa shape index (κ1) is 13.9. The summed E-state index contributed by atoms with van der Waals surface area (Å²) in [6.45, 7) is 3.80. The molecule has 0 amide bonds. The highest BCUT2D eigenvalue weighted by Crippen LogP contribution is 2.43. The summed E-state index contributed by atoms with van der Waals surface area (Å²) in [7, 11) is 0. The van der Waals surface area contributed by atoms with Crippen LogP contribution >= 0.6 is 0 Å². The Hall–Kier alpha value is -2.07. The molecule has 0 saturated carbocycles. The van der Waals surface area contributed by atoms with E-state index in [9.17, 15) is 4.39 Å². The first-order chi connectivity index (χ1) is 9.97. The maximum Gasteiger partial charge on any atom is 0.169 e. The van der Waals surface area contributed by atoms with Crippen molar-refractivity contribution in [1.82, 2.24) is 0 Å². The molecule has 2 aromatic carbocycles. The van der Waals surface area contributed by atoms with Crippen LogP contribution in [0.1, 0.15) is 25.0 Å². The molecule has 1 heterocycles. The van der Waals surface area contributed by atoms with Crippen molar-refractivity contribution in [2.45, 2.75) is 32.5 Å². The molecule has 21 heavy (non-hydrogen) atoms. The molecule has 0 unspecified atom stereocenters. The summed E-state index contributed by atoms with van der Waals surface area (Å²) in [5, 5.41) is 9.13. The van der Waals surface area contributed by atoms with Crippen molar-refractivity contribution in [2.75, 3.05) is 0 Å². The molecule has 0 spiro atoms. The van der Waals surface area contributed by atoms with E-state index >= 15 is 0 Å². The number of aliphatic hydroxyl groups is 1. The fourth-order valence-electron chi connectivity index (χ4n) is 2.57. The molecule has 0 atom stereocenters. The van der Waals surface area contributed by atoms with Gasteiger partial charge in [0.05, 0.1) is 6.61 Å². The summed E-state index contributed by atoms with van der Waals surface area (Å²) >= 11 is 0. The smallest absolute Gasteiger partial charge is 0.169 e. The predicted molar refractivity (Wildman–Crippen MR) is 77.2 cm³/mol. The van der Waals surface area contributed by atoms with Gasteiger partial charge in [-0.25, -0.2) is 4.39 Å². The van der Waals surface area contributed by atoms with Crippen LogP contribution in [0.25, 0.3) is 0 Å². The van der Waals surface area contributed by atoms with Gasteiger partial charge in [0.25, 0.3) is 0 Å². The van der Waals surface area contributed by atoms with Crippen LogP contribution in [0, 0.1) is 5.82 Å². The topological polar surface area (TPSA) is 38.7 Å². The van der Waals surface area contributed by atoms with Crippen molar-refractivity contribution in [1.29, 1.82) is 0 Å². The largest absolute Gasteiger partial charge is 0.483 e. The average Bonchev–Trinajstić information content (AvgIpc) is 2.73. The normalized spacial score (nSPS) is 15.4. The van der Waals surface area contributed by atoms with Gasteiger partial charge in [0.15, 0.2) is 11.5 Å². The molecule has 4 heteroatoms. The van der Waals surface area contributed by atoms with Gasteiger partial charge in [-0.2, -0.15) is 0 Å². The van der Waals surface area contributed by atoms with Crippen LogP contribution in [-0.2, 0) is 13.0 Å². The zero-order valence-electron chi connectivity index (χ0n) is 12.0.